The Morgan fingerprint density at radius 3 is 2.44 bits per heavy atom. The number of rotatable bonds is 8. The van der Waals surface area contributed by atoms with Crippen molar-refractivity contribution in [1.29, 1.82) is 0 Å². The van der Waals surface area contributed by atoms with E-state index in [0.717, 1.165) is 13.0 Å². The quantitative estimate of drug-likeness (QED) is 0.561. The molecule has 0 rings (SSSR count). The summed E-state index contributed by atoms with van der Waals surface area (Å²) in [4.78, 5) is 24.4. The number of aliphatic carboxylic acids is 1. The highest BCUT2D eigenvalue weighted by molar-refractivity contribution is 5.82. The van der Waals surface area contributed by atoms with E-state index >= 15 is 0 Å². The zero-order valence-electron chi connectivity index (χ0n) is 11.7. The third-order valence-corrected chi connectivity index (χ3v) is 3.03. The van der Waals surface area contributed by atoms with Crippen LogP contribution in [-0.2, 0) is 4.79 Å². The van der Waals surface area contributed by atoms with E-state index in [4.69, 9.17) is 5.11 Å². The molecule has 0 aliphatic carbocycles. The second kappa shape index (κ2) is 8.74. The molecule has 0 bridgehead atoms. The summed E-state index contributed by atoms with van der Waals surface area (Å²) in [6, 6.07) is -1.16. The van der Waals surface area contributed by atoms with Crippen LogP contribution in [0.25, 0.3) is 0 Å². The van der Waals surface area contributed by atoms with Crippen molar-refractivity contribution in [2.24, 2.45) is 5.92 Å². The van der Waals surface area contributed by atoms with Gasteiger partial charge in [0.05, 0.1) is 0 Å². The maximum Gasteiger partial charge on any atom is 0.326 e. The second-order valence-electron chi connectivity index (χ2n) is 4.53. The van der Waals surface area contributed by atoms with Gasteiger partial charge in [-0.1, -0.05) is 20.3 Å². The van der Waals surface area contributed by atoms with E-state index in [-0.39, 0.29) is 11.9 Å². The first-order valence-corrected chi connectivity index (χ1v) is 6.33. The van der Waals surface area contributed by atoms with Crippen molar-refractivity contribution in [3.05, 3.63) is 0 Å². The average molecular weight is 259 g/mol. The Bertz CT molecular complexity index is 271. The lowest BCUT2D eigenvalue weighted by atomic mass is 9.99. The predicted molar refractivity (Wildman–Crippen MR) is 70.6 cm³/mol. The maximum absolute atomic E-state index is 11.8. The van der Waals surface area contributed by atoms with Crippen molar-refractivity contribution in [2.45, 2.75) is 32.7 Å². The van der Waals surface area contributed by atoms with Gasteiger partial charge in [-0.05, 0) is 25.9 Å². The van der Waals surface area contributed by atoms with Gasteiger partial charge in [-0.2, -0.15) is 0 Å². The van der Waals surface area contributed by atoms with Gasteiger partial charge in [0, 0.05) is 13.6 Å². The SMILES string of the molecule is CC[C@H](C)[C@H](NC(=O)N(C)CCCNC)C(=O)O. The molecule has 0 aromatic heterocycles. The number of carbonyl (C=O) groups is 2. The molecule has 0 fully saturated rings. The predicted octanol–water partition coefficient (Wildman–Crippen LogP) is 0.737. The fourth-order valence-corrected chi connectivity index (χ4v) is 1.52. The van der Waals surface area contributed by atoms with E-state index in [1.165, 1.54) is 4.90 Å². The summed E-state index contributed by atoms with van der Waals surface area (Å²) in [7, 11) is 3.52. The molecular formula is C12H25N3O3. The molecule has 0 aliphatic heterocycles. The molecule has 0 saturated carbocycles. The Morgan fingerprint density at radius 1 is 1.39 bits per heavy atom. The van der Waals surface area contributed by atoms with Crippen molar-refractivity contribution < 1.29 is 14.7 Å². The first-order chi connectivity index (χ1) is 8.43. The summed E-state index contributed by atoms with van der Waals surface area (Å²) >= 11 is 0. The number of urea groups is 1. The number of nitrogens with one attached hydrogen (secondary N) is 2. The van der Waals surface area contributed by atoms with Gasteiger partial charge in [-0.15, -0.1) is 0 Å². The molecular weight excluding hydrogens is 234 g/mol. The number of carboxylic acids is 1. The minimum absolute atomic E-state index is 0.0860. The monoisotopic (exact) mass is 259 g/mol. The van der Waals surface area contributed by atoms with Gasteiger partial charge >= 0.3 is 12.0 Å². The van der Waals surface area contributed by atoms with Crippen LogP contribution in [-0.4, -0.2) is 55.2 Å². The first-order valence-electron chi connectivity index (χ1n) is 6.33. The third kappa shape index (κ3) is 5.86. The summed E-state index contributed by atoms with van der Waals surface area (Å²) in [6.45, 7) is 5.15. The number of hydrogen-bond donors (Lipinski definition) is 3. The molecule has 0 unspecified atom stereocenters. The Labute approximate surface area is 109 Å². The standard InChI is InChI=1S/C12H25N3O3/c1-5-9(2)10(11(16)17)14-12(18)15(4)8-6-7-13-3/h9-10,13H,5-8H2,1-4H3,(H,14,18)(H,16,17)/t9-,10-/m0/s1. The Hall–Kier alpha value is -1.30. The molecule has 0 radical (unpaired) electrons. The van der Waals surface area contributed by atoms with Crippen LogP contribution in [0.1, 0.15) is 26.7 Å². The Kier molecular flexibility index (Phi) is 8.11. The van der Waals surface area contributed by atoms with Crippen molar-refractivity contribution >= 4 is 12.0 Å². The molecule has 0 aromatic rings. The number of carboxylic acid groups (broad SMARTS) is 1. The van der Waals surface area contributed by atoms with Gasteiger partial charge in [0.1, 0.15) is 6.04 Å². The molecule has 0 aromatic carbocycles. The lowest BCUT2D eigenvalue weighted by Gasteiger charge is -2.24. The van der Waals surface area contributed by atoms with E-state index < -0.39 is 12.0 Å². The normalized spacial score (nSPS) is 13.8. The lowest BCUT2D eigenvalue weighted by molar-refractivity contribution is -0.140. The van der Waals surface area contributed by atoms with Gasteiger partial charge < -0.3 is 20.6 Å². The van der Waals surface area contributed by atoms with Gasteiger partial charge in [0.15, 0.2) is 0 Å². The molecule has 6 nitrogen and oxygen atoms in total. The Balaban J connectivity index is 4.28. The van der Waals surface area contributed by atoms with E-state index in [1.807, 2.05) is 20.9 Å². The molecule has 0 aliphatic rings. The molecule has 106 valence electrons. The van der Waals surface area contributed by atoms with E-state index in [2.05, 4.69) is 10.6 Å². The van der Waals surface area contributed by atoms with Crippen molar-refractivity contribution in [1.82, 2.24) is 15.5 Å². The molecule has 18 heavy (non-hydrogen) atoms. The topological polar surface area (TPSA) is 81.7 Å². The van der Waals surface area contributed by atoms with Gasteiger partial charge in [-0.3, -0.25) is 0 Å². The van der Waals surface area contributed by atoms with Gasteiger partial charge in [-0.25, -0.2) is 9.59 Å². The highest BCUT2D eigenvalue weighted by Gasteiger charge is 2.26. The number of hydrogen-bond acceptors (Lipinski definition) is 3. The summed E-state index contributed by atoms with van der Waals surface area (Å²) < 4.78 is 0. The van der Waals surface area contributed by atoms with E-state index in [1.54, 1.807) is 7.05 Å². The summed E-state index contributed by atoms with van der Waals surface area (Å²) in [5.41, 5.74) is 0. The molecule has 0 spiro atoms. The van der Waals surface area contributed by atoms with Crippen molar-refractivity contribution in [2.75, 3.05) is 27.2 Å². The van der Waals surface area contributed by atoms with Crippen molar-refractivity contribution in [3.8, 4) is 0 Å². The average Bonchev–Trinajstić information content (AvgIpc) is 2.34. The van der Waals surface area contributed by atoms with Crippen LogP contribution in [0.2, 0.25) is 0 Å². The largest absolute Gasteiger partial charge is 0.480 e. The summed E-state index contributed by atoms with van der Waals surface area (Å²) in [6.07, 6.45) is 1.54. The fourth-order valence-electron chi connectivity index (χ4n) is 1.52. The zero-order chi connectivity index (χ0) is 14.1. The molecule has 0 saturated heterocycles. The molecule has 3 N–H and O–H groups in total. The number of nitrogens with zero attached hydrogens (tertiary/aromatic N) is 1. The second-order valence-corrected chi connectivity index (χ2v) is 4.53. The van der Waals surface area contributed by atoms with E-state index in [9.17, 15) is 9.59 Å². The maximum atomic E-state index is 11.8. The summed E-state index contributed by atoms with van der Waals surface area (Å²) in [5, 5.41) is 14.6. The van der Waals surface area contributed by atoms with Crippen LogP contribution in [0.4, 0.5) is 4.79 Å². The van der Waals surface area contributed by atoms with Gasteiger partial charge in [0.25, 0.3) is 0 Å². The van der Waals surface area contributed by atoms with Crippen LogP contribution in [0.3, 0.4) is 0 Å². The first kappa shape index (κ1) is 16.7. The fraction of sp³-hybridized carbons (Fsp3) is 0.833. The Morgan fingerprint density at radius 2 is 2.00 bits per heavy atom. The van der Waals surface area contributed by atoms with Crippen LogP contribution < -0.4 is 10.6 Å². The van der Waals surface area contributed by atoms with Crippen LogP contribution in [0, 0.1) is 5.92 Å². The molecule has 6 heteroatoms. The molecule has 0 heterocycles. The van der Waals surface area contributed by atoms with Crippen molar-refractivity contribution in [3.63, 3.8) is 0 Å². The number of amides is 2. The minimum Gasteiger partial charge on any atom is -0.480 e. The smallest absolute Gasteiger partial charge is 0.326 e. The van der Waals surface area contributed by atoms with E-state index in [0.29, 0.717) is 13.0 Å². The van der Waals surface area contributed by atoms with Crippen LogP contribution >= 0.6 is 0 Å². The molecule has 2 amide bonds. The molecule has 2 atom stereocenters. The van der Waals surface area contributed by atoms with Gasteiger partial charge in [0.2, 0.25) is 0 Å². The summed E-state index contributed by atoms with van der Waals surface area (Å²) in [5.74, 6) is -1.07. The highest BCUT2D eigenvalue weighted by Crippen LogP contribution is 2.08. The van der Waals surface area contributed by atoms with Crippen LogP contribution in [0.15, 0.2) is 0 Å². The van der Waals surface area contributed by atoms with Crippen LogP contribution in [0.5, 0.6) is 0 Å². The third-order valence-electron chi connectivity index (χ3n) is 3.03. The highest BCUT2D eigenvalue weighted by atomic mass is 16.4. The lowest BCUT2D eigenvalue weighted by Crippen LogP contribution is -2.49. The number of carbonyl (C=O) groups excluding carboxylic acids is 1. The zero-order valence-corrected chi connectivity index (χ0v) is 11.7. The minimum atomic E-state index is -0.985.